The van der Waals surface area contributed by atoms with Crippen LogP contribution in [0, 0.1) is 0 Å². The average molecular weight is 318 g/mol. The summed E-state index contributed by atoms with van der Waals surface area (Å²) in [7, 11) is -1.18. The molecule has 0 saturated carbocycles. The van der Waals surface area contributed by atoms with E-state index in [0.717, 1.165) is 25.9 Å². The second-order valence-corrected chi connectivity index (χ2v) is 7.89. The minimum absolute atomic E-state index is 0.111. The van der Waals surface area contributed by atoms with Crippen molar-refractivity contribution in [3.05, 3.63) is 0 Å². The predicted molar refractivity (Wildman–Crippen MR) is 81.5 cm³/mol. The quantitative estimate of drug-likeness (QED) is 0.703. The SMILES string of the molecule is CNC1CCCN(CC(=O)N2CCN(S(C)(=O)=O)CC2)C1. The predicted octanol–water partition coefficient (Wildman–Crippen LogP) is -1.23. The molecule has 0 aromatic carbocycles. The summed E-state index contributed by atoms with van der Waals surface area (Å²) in [6.07, 6.45) is 3.49. The van der Waals surface area contributed by atoms with Crippen LogP contribution in [0.3, 0.4) is 0 Å². The molecule has 1 N–H and O–H groups in total. The smallest absolute Gasteiger partial charge is 0.236 e. The Hall–Kier alpha value is -0.700. The van der Waals surface area contributed by atoms with E-state index in [9.17, 15) is 13.2 Å². The maximum Gasteiger partial charge on any atom is 0.236 e. The highest BCUT2D eigenvalue weighted by Gasteiger charge is 2.28. The average Bonchev–Trinajstić information content (AvgIpc) is 2.46. The molecule has 1 amide bonds. The number of likely N-dealkylation sites (tertiary alicyclic amines) is 1. The van der Waals surface area contributed by atoms with Gasteiger partial charge in [-0.25, -0.2) is 8.42 Å². The van der Waals surface area contributed by atoms with Crippen molar-refractivity contribution >= 4 is 15.9 Å². The largest absolute Gasteiger partial charge is 0.339 e. The number of nitrogens with one attached hydrogen (secondary N) is 1. The highest BCUT2D eigenvalue weighted by atomic mass is 32.2. The minimum atomic E-state index is -3.14. The summed E-state index contributed by atoms with van der Waals surface area (Å²) >= 11 is 0. The third-order valence-corrected chi connectivity index (χ3v) is 5.64. The Morgan fingerprint density at radius 2 is 1.86 bits per heavy atom. The van der Waals surface area contributed by atoms with Gasteiger partial charge in [-0.1, -0.05) is 0 Å². The van der Waals surface area contributed by atoms with E-state index in [4.69, 9.17) is 0 Å². The summed E-state index contributed by atoms with van der Waals surface area (Å²) in [6, 6.07) is 0.466. The molecule has 0 aliphatic carbocycles. The second kappa shape index (κ2) is 7.04. The standard InChI is InChI=1S/C13H26N4O3S/c1-14-12-4-3-5-15(10-12)11-13(18)16-6-8-17(9-7-16)21(2,19)20/h12,14H,3-11H2,1-2H3. The van der Waals surface area contributed by atoms with Gasteiger partial charge < -0.3 is 10.2 Å². The maximum atomic E-state index is 12.3. The van der Waals surface area contributed by atoms with Crippen molar-refractivity contribution in [2.45, 2.75) is 18.9 Å². The molecule has 122 valence electrons. The van der Waals surface area contributed by atoms with Crippen LogP contribution >= 0.6 is 0 Å². The number of piperazine rings is 1. The topological polar surface area (TPSA) is 73.0 Å². The molecule has 2 rings (SSSR count). The van der Waals surface area contributed by atoms with Crippen molar-refractivity contribution in [3.8, 4) is 0 Å². The van der Waals surface area contributed by atoms with Crippen LogP contribution in [0.2, 0.25) is 0 Å². The number of nitrogens with zero attached hydrogens (tertiary/aromatic N) is 3. The van der Waals surface area contributed by atoms with Crippen LogP contribution < -0.4 is 5.32 Å². The second-order valence-electron chi connectivity index (χ2n) is 5.91. The third kappa shape index (κ3) is 4.64. The lowest BCUT2D eigenvalue weighted by Crippen LogP contribution is -2.54. The summed E-state index contributed by atoms with van der Waals surface area (Å²) in [6.45, 7) is 4.12. The van der Waals surface area contributed by atoms with Crippen molar-refractivity contribution in [2.75, 3.05) is 59.1 Å². The van der Waals surface area contributed by atoms with Crippen molar-refractivity contribution in [3.63, 3.8) is 0 Å². The zero-order chi connectivity index (χ0) is 15.5. The minimum Gasteiger partial charge on any atom is -0.339 e. The Kier molecular flexibility index (Phi) is 5.59. The first-order valence-corrected chi connectivity index (χ1v) is 9.37. The Labute approximate surface area is 127 Å². The lowest BCUT2D eigenvalue weighted by Gasteiger charge is -2.36. The van der Waals surface area contributed by atoms with Gasteiger partial charge in [0.15, 0.2) is 0 Å². The molecule has 21 heavy (non-hydrogen) atoms. The molecule has 2 fully saturated rings. The van der Waals surface area contributed by atoms with Crippen LogP contribution in [0.5, 0.6) is 0 Å². The number of hydrogen-bond donors (Lipinski definition) is 1. The van der Waals surface area contributed by atoms with Gasteiger partial charge in [0.1, 0.15) is 0 Å². The van der Waals surface area contributed by atoms with Gasteiger partial charge >= 0.3 is 0 Å². The van der Waals surface area contributed by atoms with E-state index in [1.54, 1.807) is 4.90 Å². The van der Waals surface area contributed by atoms with Crippen LogP contribution in [0.1, 0.15) is 12.8 Å². The zero-order valence-corrected chi connectivity index (χ0v) is 13.7. The van der Waals surface area contributed by atoms with Gasteiger partial charge in [-0.3, -0.25) is 9.69 Å². The molecule has 0 aromatic heterocycles. The van der Waals surface area contributed by atoms with E-state index < -0.39 is 10.0 Å². The lowest BCUT2D eigenvalue weighted by atomic mass is 10.1. The highest BCUT2D eigenvalue weighted by molar-refractivity contribution is 7.88. The van der Waals surface area contributed by atoms with Crippen molar-refractivity contribution < 1.29 is 13.2 Å². The molecule has 7 nitrogen and oxygen atoms in total. The molecule has 8 heteroatoms. The molecule has 2 saturated heterocycles. The van der Waals surface area contributed by atoms with Crippen LogP contribution in [0.15, 0.2) is 0 Å². The van der Waals surface area contributed by atoms with Gasteiger partial charge in [-0.15, -0.1) is 0 Å². The number of likely N-dealkylation sites (N-methyl/N-ethyl adjacent to an activating group) is 1. The summed E-state index contributed by atoms with van der Waals surface area (Å²) in [5, 5.41) is 3.27. The van der Waals surface area contributed by atoms with Crippen LogP contribution in [-0.4, -0.2) is 93.6 Å². The molecular formula is C13H26N4O3S. The van der Waals surface area contributed by atoms with Gasteiger partial charge in [0.05, 0.1) is 12.8 Å². The Balaban J connectivity index is 1.80. The Bertz CT molecular complexity index is 460. The van der Waals surface area contributed by atoms with Crippen LogP contribution in [0.25, 0.3) is 0 Å². The van der Waals surface area contributed by atoms with E-state index in [1.807, 2.05) is 7.05 Å². The van der Waals surface area contributed by atoms with E-state index in [0.29, 0.717) is 38.8 Å². The molecule has 2 heterocycles. The molecule has 0 bridgehead atoms. The summed E-state index contributed by atoms with van der Waals surface area (Å²) in [4.78, 5) is 16.3. The lowest BCUT2D eigenvalue weighted by molar-refractivity contribution is -0.133. The van der Waals surface area contributed by atoms with E-state index >= 15 is 0 Å². The Morgan fingerprint density at radius 1 is 1.19 bits per heavy atom. The first-order valence-electron chi connectivity index (χ1n) is 7.52. The fraction of sp³-hybridized carbons (Fsp3) is 0.923. The molecular weight excluding hydrogens is 292 g/mol. The van der Waals surface area contributed by atoms with Gasteiger partial charge in [0.25, 0.3) is 0 Å². The van der Waals surface area contributed by atoms with Gasteiger partial charge in [-0.2, -0.15) is 4.31 Å². The monoisotopic (exact) mass is 318 g/mol. The van der Waals surface area contributed by atoms with Gasteiger partial charge in [0.2, 0.25) is 15.9 Å². The first kappa shape index (κ1) is 16.7. The summed E-state index contributed by atoms with van der Waals surface area (Å²) in [5.41, 5.74) is 0. The van der Waals surface area contributed by atoms with E-state index in [2.05, 4.69) is 10.2 Å². The molecule has 2 aliphatic rings. The van der Waals surface area contributed by atoms with Crippen molar-refractivity contribution in [1.82, 2.24) is 19.4 Å². The number of carbonyl (C=O) groups is 1. The molecule has 1 unspecified atom stereocenters. The highest BCUT2D eigenvalue weighted by Crippen LogP contribution is 2.11. The zero-order valence-electron chi connectivity index (χ0n) is 12.9. The number of carbonyl (C=O) groups excluding carboxylic acids is 1. The molecule has 0 spiro atoms. The fourth-order valence-corrected chi connectivity index (χ4v) is 3.82. The number of piperidine rings is 1. The number of rotatable bonds is 4. The fourth-order valence-electron chi connectivity index (χ4n) is 3.00. The molecule has 0 aromatic rings. The van der Waals surface area contributed by atoms with Crippen LogP contribution in [-0.2, 0) is 14.8 Å². The van der Waals surface area contributed by atoms with Crippen LogP contribution in [0.4, 0.5) is 0 Å². The van der Waals surface area contributed by atoms with E-state index in [1.165, 1.54) is 10.6 Å². The number of sulfonamides is 1. The van der Waals surface area contributed by atoms with E-state index in [-0.39, 0.29) is 5.91 Å². The maximum absolute atomic E-state index is 12.3. The van der Waals surface area contributed by atoms with Crippen molar-refractivity contribution in [2.24, 2.45) is 0 Å². The van der Waals surface area contributed by atoms with Crippen molar-refractivity contribution in [1.29, 1.82) is 0 Å². The summed E-state index contributed by atoms with van der Waals surface area (Å²) in [5.74, 6) is 0.111. The normalized spacial score (nSPS) is 26.0. The number of amides is 1. The Morgan fingerprint density at radius 3 is 2.43 bits per heavy atom. The van der Waals surface area contributed by atoms with Gasteiger partial charge in [-0.05, 0) is 26.4 Å². The molecule has 1 atom stereocenters. The van der Waals surface area contributed by atoms with Gasteiger partial charge in [0, 0.05) is 38.8 Å². The molecule has 0 radical (unpaired) electrons. The molecule has 2 aliphatic heterocycles. The summed E-state index contributed by atoms with van der Waals surface area (Å²) < 4.78 is 24.4. The number of hydrogen-bond acceptors (Lipinski definition) is 5. The first-order chi connectivity index (χ1) is 9.90. The third-order valence-electron chi connectivity index (χ3n) is 4.33.